The van der Waals surface area contributed by atoms with Gasteiger partial charge in [-0.15, -0.1) is 0 Å². The zero-order valence-electron chi connectivity index (χ0n) is 9.02. The molecule has 1 aliphatic heterocycles. The zero-order chi connectivity index (χ0) is 10.3. The second kappa shape index (κ2) is 3.53. The summed E-state index contributed by atoms with van der Waals surface area (Å²) >= 11 is 0. The highest BCUT2D eigenvalue weighted by Crippen LogP contribution is 2.39. The first kappa shape index (κ1) is 9.22. The summed E-state index contributed by atoms with van der Waals surface area (Å²) in [5.41, 5.74) is 8.21. The maximum absolute atomic E-state index is 5.60. The molecular formula is C13H18N2. The van der Waals surface area contributed by atoms with Crippen LogP contribution in [-0.4, -0.2) is 12.6 Å². The lowest BCUT2D eigenvalue weighted by molar-refractivity contribution is 0.553. The molecule has 1 heterocycles. The van der Waals surface area contributed by atoms with Gasteiger partial charge in [-0.1, -0.05) is 12.1 Å². The Hall–Kier alpha value is -1.02. The number of hydrogen-bond acceptors (Lipinski definition) is 2. The first-order chi connectivity index (χ1) is 7.36. The van der Waals surface area contributed by atoms with Gasteiger partial charge in [0.15, 0.2) is 0 Å². The molecule has 1 aliphatic carbocycles. The third-order valence-corrected chi connectivity index (χ3v) is 3.91. The van der Waals surface area contributed by atoms with E-state index in [1.807, 2.05) is 0 Å². The molecule has 2 nitrogen and oxygen atoms in total. The molecule has 2 heteroatoms. The molecule has 2 unspecified atom stereocenters. The largest absolute Gasteiger partial charge is 0.368 e. The molecule has 0 aromatic heterocycles. The Morgan fingerprint density at radius 1 is 1.20 bits per heavy atom. The highest BCUT2D eigenvalue weighted by atomic mass is 15.2. The highest BCUT2D eigenvalue weighted by molar-refractivity contribution is 5.50. The lowest BCUT2D eigenvalue weighted by Crippen LogP contribution is -2.31. The van der Waals surface area contributed by atoms with E-state index in [1.165, 1.54) is 37.1 Å². The molecule has 80 valence electrons. The van der Waals surface area contributed by atoms with Crippen LogP contribution in [0.25, 0.3) is 0 Å². The van der Waals surface area contributed by atoms with E-state index in [1.54, 1.807) is 0 Å². The summed E-state index contributed by atoms with van der Waals surface area (Å²) < 4.78 is 0. The van der Waals surface area contributed by atoms with Crippen molar-refractivity contribution in [2.24, 2.45) is 11.7 Å². The predicted octanol–water partition coefficient (Wildman–Crippen LogP) is 2.13. The molecule has 2 aliphatic rings. The molecule has 2 atom stereocenters. The fourth-order valence-electron chi connectivity index (χ4n) is 3.06. The average molecular weight is 202 g/mol. The lowest BCUT2D eigenvalue weighted by Gasteiger charge is -2.29. The van der Waals surface area contributed by atoms with E-state index < -0.39 is 0 Å². The van der Waals surface area contributed by atoms with Gasteiger partial charge in [-0.3, -0.25) is 0 Å². The topological polar surface area (TPSA) is 29.3 Å². The van der Waals surface area contributed by atoms with Crippen molar-refractivity contribution in [3.63, 3.8) is 0 Å². The Balaban J connectivity index is 1.81. The Morgan fingerprint density at radius 2 is 2.00 bits per heavy atom. The number of nitrogens with zero attached hydrogens (tertiary/aromatic N) is 1. The van der Waals surface area contributed by atoms with E-state index in [2.05, 4.69) is 29.2 Å². The van der Waals surface area contributed by atoms with Gasteiger partial charge in [-0.25, -0.2) is 0 Å². The quantitative estimate of drug-likeness (QED) is 0.796. The third kappa shape index (κ3) is 1.53. The van der Waals surface area contributed by atoms with Gasteiger partial charge in [-0.05, 0) is 42.9 Å². The molecule has 0 radical (unpaired) electrons. The predicted molar refractivity (Wildman–Crippen MR) is 62.8 cm³/mol. The molecule has 1 saturated heterocycles. The standard InChI is InChI=1S/C13H18N2/c14-8-10-1-4-12(5-2-10)15-9-11-3-6-13(15)7-11/h1-2,4-5,11,13H,3,6-9,14H2. The summed E-state index contributed by atoms with van der Waals surface area (Å²) in [6.45, 7) is 1.92. The minimum Gasteiger partial charge on any atom is -0.368 e. The van der Waals surface area contributed by atoms with Gasteiger partial charge in [0.25, 0.3) is 0 Å². The fraction of sp³-hybridized carbons (Fsp3) is 0.538. The van der Waals surface area contributed by atoms with Crippen molar-refractivity contribution in [1.82, 2.24) is 0 Å². The summed E-state index contributed by atoms with van der Waals surface area (Å²) in [6.07, 6.45) is 4.25. The number of hydrogen-bond donors (Lipinski definition) is 1. The number of rotatable bonds is 2. The van der Waals surface area contributed by atoms with Gasteiger partial charge < -0.3 is 10.6 Å². The summed E-state index contributed by atoms with van der Waals surface area (Å²) in [5, 5.41) is 0. The molecule has 15 heavy (non-hydrogen) atoms. The summed E-state index contributed by atoms with van der Waals surface area (Å²) in [7, 11) is 0. The molecule has 2 fully saturated rings. The first-order valence-electron chi connectivity index (χ1n) is 5.92. The molecule has 2 bridgehead atoms. The maximum Gasteiger partial charge on any atom is 0.0369 e. The van der Waals surface area contributed by atoms with Crippen molar-refractivity contribution in [3.8, 4) is 0 Å². The number of nitrogens with two attached hydrogens (primary N) is 1. The monoisotopic (exact) mass is 202 g/mol. The number of fused-ring (bicyclic) bond motifs is 2. The van der Waals surface area contributed by atoms with Crippen LogP contribution in [0.4, 0.5) is 5.69 Å². The van der Waals surface area contributed by atoms with Gasteiger partial charge in [0.1, 0.15) is 0 Å². The molecule has 3 rings (SSSR count). The number of benzene rings is 1. The van der Waals surface area contributed by atoms with Crippen LogP contribution in [0.1, 0.15) is 24.8 Å². The Labute approximate surface area is 91.1 Å². The normalized spacial score (nSPS) is 28.7. The second-order valence-electron chi connectivity index (χ2n) is 4.86. The van der Waals surface area contributed by atoms with Crippen LogP contribution in [0.3, 0.4) is 0 Å². The van der Waals surface area contributed by atoms with Crippen LogP contribution in [-0.2, 0) is 6.54 Å². The maximum atomic E-state index is 5.60. The van der Waals surface area contributed by atoms with Gasteiger partial charge in [0.05, 0.1) is 0 Å². The van der Waals surface area contributed by atoms with Gasteiger partial charge >= 0.3 is 0 Å². The number of anilines is 1. The van der Waals surface area contributed by atoms with Crippen LogP contribution in [0.2, 0.25) is 0 Å². The third-order valence-electron chi connectivity index (χ3n) is 3.91. The van der Waals surface area contributed by atoms with Gasteiger partial charge in [-0.2, -0.15) is 0 Å². The van der Waals surface area contributed by atoms with Crippen molar-refractivity contribution in [3.05, 3.63) is 29.8 Å². The van der Waals surface area contributed by atoms with Crippen molar-refractivity contribution >= 4 is 5.69 Å². The fourth-order valence-corrected chi connectivity index (χ4v) is 3.06. The van der Waals surface area contributed by atoms with Crippen molar-refractivity contribution < 1.29 is 0 Å². The molecule has 0 amide bonds. The van der Waals surface area contributed by atoms with Gasteiger partial charge in [0.2, 0.25) is 0 Å². The zero-order valence-corrected chi connectivity index (χ0v) is 9.02. The van der Waals surface area contributed by atoms with Crippen molar-refractivity contribution in [2.75, 3.05) is 11.4 Å². The Bertz CT molecular complexity index is 344. The van der Waals surface area contributed by atoms with E-state index in [0.29, 0.717) is 6.54 Å². The molecular weight excluding hydrogens is 184 g/mol. The van der Waals surface area contributed by atoms with Crippen LogP contribution < -0.4 is 10.6 Å². The van der Waals surface area contributed by atoms with Crippen molar-refractivity contribution in [2.45, 2.75) is 31.8 Å². The van der Waals surface area contributed by atoms with E-state index in [9.17, 15) is 0 Å². The first-order valence-corrected chi connectivity index (χ1v) is 5.92. The minimum absolute atomic E-state index is 0.645. The SMILES string of the molecule is NCc1ccc(N2CC3CCC2C3)cc1. The van der Waals surface area contributed by atoms with E-state index in [-0.39, 0.29) is 0 Å². The molecule has 2 N–H and O–H groups in total. The van der Waals surface area contributed by atoms with Crippen LogP contribution in [0, 0.1) is 5.92 Å². The Morgan fingerprint density at radius 3 is 2.53 bits per heavy atom. The average Bonchev–Trinajstić information content (AvgIpc) is 2.91. The van der Waals surface area contributed by atoms with E-state index in [0.717, 1.165) is 12.0 Å². The van der Waals surface area contributed by atoms with E-state index in [4.69, 9.17) is 5.73 Å². The molecule has 0 spiro atoms. The van der Waals surface area contributed by atoms with Crippen LogP contribution in [0.15, 0.2) is 24.3 Å². The summed E-state index contributed by atoms with van der Waals surface area (Å²) in [4.78, 5) is 2.58. The van der Waals surface area contributed by atoms with Crippen LogP contribution >= 0.6 is 0 Å². The molecule has 1 aromatic carbocycles. The lowest BCUT2D eigenvalue weighted by atomic mass is 10.1. The molecule has 1 saturated carbocycles. The van der Waals surface area contributed by atoms with Gasteiger partial charge in [0, 0.05) is 24.8 Å². The summed E-state index contributed by atoms with van der Waals surface area (Å²) in [5.74, 6) is 0.962. The van der Waals surface area contributed by atoms with Crippen molar-refractivity contribution in [1.29, 1.82) is 0 Å². The Kier molecular flexibility index (Phi) is 2.17. The van der Waals surface area contributed by atoms with Crippen LogP contribution in [0.5, 0.6) is 0 Å². The minimum atomic E-state index is 0.645. The second-order valence-corrected chi connectivity index (χ2v) is 4.86. The number of piperidine rings is 1. The highest BCUT2D eigenvalue weighted by Gasteiger charge is 2.37. The molecule has 1 aromatic rings. The van der Waals surface area contributed by atoms with E-state index >= 15 is 0 Å². The smallest absolute Gasteiger partial charge is 0.0369 e. The summed E-state index contributed by atoms with van der Waals surface area (Å²) in [6, 6.07) is 9.58.